The van der Waals surface area contributed by atoms with Gasteiger partial charge in [0.2, 0.25) is 0 Å². The van der Waals surface area contributed by atoms with Crippen LogP contribution in [0.5, 0.6) is 11.5 Å². The molecule has 1 amide bonds. The van der Waals surface area contributed by atoms with Gasteiger partial charge in [-0.25, -0.2) is 17.5 Å². The number of ether oxygens (including phenoxy) is 1. The molecule has 3 rings (SSSR count). The number of carbonyl (C=O) groups excluding carboxylic acids is 1. The van der Waals surface area contributed by atoms with Crippen LogP contribution < -0.4 is 9.46 Å². The zero-order valence-electron chi connectivity index (χ0n) is 14.6. The van der Waals surface area contributed by atoms with Crippen LogP contribution in [0.15, 0.2) is 76.1 Å². The number of hydrogen-bond acceptors (Lipinski definition) is 4. The standard InChI is InChI=1S/C20H15BrFNO4S/c1-13-8-10-15(11-9-13)27-19-17(6-3-7-18(19)22)20(24)23-28(25,26)16-5-2-4-14(21)12-16/h2-12H,1H3,(H,23,24). The van der Waals surface area contributed by atoms with E-state index in [-0.39, 0.29) is 16.2 Å². The number of sulfonamides is 1. The van der Waals surface area contributed by atoms with E-state index in [1.54, 1.807) is 30.3 Å². The number of amides is 1. The van der Waals surface area contributed by atoms with Crippen molar-refractivity contribution in [2.75, 3.05) is 0 Å². The molecule has 0 atom stereocenters. The van der Waals surface area contributed by atoms with Crippen molar-refractivity contribution < 1.29 is 22.3 Å². The number of nitrogens with one attached hydrogen (secondary N) is 1. The van der Waals surface area contributed by atoms with Crippen molar-refractivity contribution in [3.8, 4) is 11.5 Å². The Morgan fingerprint density at radius 3 is 2.39 bits per heavy atom. The van der Waals surface area contributed by atoms with Gasteiger partial charge in [0.25, 0.3) is 15.9 Å². The van der Waals surface area contributed by atoms with Crippen molar-refractivity contribution in [2.45, 2.75) is 11.8 Å². The summed E-state index contributed by atoms with van der Waals surface area (Å²) in [6.45, 7) is 1.89. The highest BCUT2D eigenvalue weighted by molar-refractivity contribution is 9.10. The highest BCUT2D eigenvalue weighted by Crippen LogP contribution is 2.29. The van der Waals surface area contributed by atoms with Crippen LogP contribution >= 0.6 is 15.9 Å². The largest absolute Gasteiger partial charge is 0.453 e. The fourth-order valence-electron chi connectivity index (χ4n) is 2.39. The molecule has 28 heavy (non-hydrogen) atoms. The van der Waals surface area contributed by atoms with Gasteiger partial charge < -0.3 is 4.74 Å². The summed E-state index contributed by atoms with van der Waals surface area (Å²) in [5, 5.41) is 0. The van der Waals surface area contributed by atoms with Gasteiger partial charge in [0.1, 0.15) is 5.75 Å². The molecule has 0 spiro atoms. The Morgan fingerprint density at radius 1 is 1.04 bits per heavy atom. The molecule has 0 aromatic heterocycles. The maximum Gasteiger partial charge on any atom is 0.268 e. The Balaban J connectivity index is 1.92. The van der Waals surface area contributed by atoms with Crippen LogP contribution in [0, 0.1) is 12.7 Å². The Labute approximate surface area is 170 Å². The Kier molecular flexibility index (Phi) is 5.81. The fourth-order valence-corrected chi connectivity index (χ4v) is 3.95. The zero-order valence-corrected chi connectivity index (χ0v) is 17.1. The molecule has 0 unspecified atom stereocenters. The van der Waals surface area contributed by atoms with Crippen LogP contribution in [0.4, 0.5) is 4.39 Å². The van der Waals surface area contributed by atoms with Gasteiger partial charge in [-0.05, 0) is 49.4 Å². The number of para-hydroxylation sites is 1. The third kappa shape index (κ3) is 4.58. The van der Waals surface area contributed by atoms with Gasteiger partial charge in [-0.15, -0.1) is 0 Å². The summed E-state index contributed by atoms with van der Waals surface area (Å²) in [5.74, 6) is -1.82. The minimum atomic E-state index is -4.15. The number of benzene rings is 3. The SMILES string of the molecule is Cc1ccc(Oc2c(F)cccc2C(=O)NS(=O)(=O)c2cccc(Br)c2)cc1. The molecule has 0 aliphatic rings. The molecular formula is C20H15BrFNO4S. The maximum absolute atomic E-state index is 14.3. The summed E-state index contributed by atoms with van der Waals surface area (Å²) in [4.78, 5) is 12.5. The molecule has 144 valence electrons. The third-order valence-electron chi connectivity index (χ3n) is 3.79. The first-order valence-corrected chi connectivity index (χ1v) is 10.4. The second-order valence-corrected chi connectivity index (χ2v) is 8.52. The second kappa shape index (κ2) is 8.12. The summed E-state index contributed by atoms with van der Waals surface area (Å²) in [7, 11) is -4.15. The maximum atomic E-state index is 14.3. The Bertz CT molecular complexity index is 1130. The van der Waals surface area contributed by atoms with Crippen LogP contribution in [0.25, 0.3) is 0 Å². The summed E-state index contributed by atoms with van der Waals surface area (Å²) in [6, 6.07) is 16.4. The van der Waals surface area contributed by atoms with Gasteiger partial charge >= 0.3 is 0 Å². The number of hydrogen-bond donors (Lipinski definition) is 1. The summed E-state index contributed by atoms with van der Waals surface area (Å²) in [6.07, 6.45) is 0. The average molecular weight is 464 g/mol. The quantitative estimate of drug-likeness (QED) is 0.589. The van der Waals surface area contributed by atoms with Crippen molar-refractivity contribution >= 4 is 31.9 Å². The van der Waals surface area contributed by atoms with E-state index in [4.69, 9.17) is 4.74 Å². The molecule has 1 N–H and O–H groups in total. The Morgan fingerprint density at radius 2 is 1.71 bits per heavy atom. The van der Waals surface area contributed by atoms with Gasteiger partial charge in [0, 0.05) is 4.47 Å². The van der Waals surface area contributed by atoms with E-state index in [0.717, 1.165) is 11.6 Å². The van der Waals surface area contributed by atoms with E-state index in [1.807, 2.05) is 11.6 Å². The predicted molar refractivity (Wildman–Crippen MR) is 106 cm³/mol. The lowest BCUT2D eigenvalue weighted by molar-refractivity contribution is 0.0978. The molecule has 0 bridgehead atoms. The van der Waals surface area contributed by atoms with E-state index >= 15 is 0 Å². The highest BCUT2D eigenvalue weighted by atomic mass is 79.9. The Hall–Kier alpha value is -2.71. The number of carbonyl (C=O) groups is 1. The summed E-state index contributed by atoms with van der Waals surface area (Å²) < 4.78 is 47.3. The zero-order chi connectivity index (χ0) is 20.3. The van der Waals surface area contributed by atoms with Crippen molar-refractivity contribution in [3.63, 3.8) is 0 Å². The first kappa shape index (κ1) is 20.0. The summed E-state index contributed by atoms with van der Waals surface area (Å²) in [5.41, 5.74) is 0.748. The smallest absolute Gasteiger partial charge is 0.268 e. The minimum Gasteiger partial charge on any atom is -0.453 e. The van der Waals surface area contributed by atoms with E-state index in [0.29, 0.717) is 10.2 Å². The number of halogens is 2. The van der Waals surface area contributed by atoms with E-state index in [9.17, 15) is 17.6 Å². The van der Waals surface area contributed by atoms with Crippen molar-refractivity contribution in [2.24, 2.45) is 0 Å². The van der Waals surface area contributed by atoms with Gasteiger partial charge in [-0.3, -0.25) is 4.79 Å². The lowest BCUT2D eigenvalue weighted by Gasteiger charge is -2.13. The molecule has 0 aliphatic heterocycles. The van der Waals surface area contributed by atoms with Crippen LogP contribution in [-0.2, 0) is 10.0 Å². The van der Waals surface area contributed by atoms with Crippen molar-refractivity contribution in [1.82, 2.24) is 4.72 Å². The molecule has 0 aliphatic carbocycles. The molecular weight excluding hydrogens is 449 g/mol. The van der Waals surface area contributed by atoms with Crippen LogP contribution in [0.2, 0.25) is 0 Å². The van der Waals surface area contributed by atoms with Crippen LogP contribution in [-0.4, -0.2) is 14.3 Å². The molecule has 5 nitrogen and oxygen atoms in total. The molecule has 8 heteroatoms. The first-order valence-electron chi connectivity index (χ1n) is 8.12. The molecule has 3 aromatic rings. The second-order valence-electron chi connectivity index (χ2n) is 5.92. The molecule has 3 aromatic carbocycles. The first-order chi connectivity index (χ1) is 13.3. The van der Waals surface area contributed by atoms with Gasteiger partial charge in [0.05, 0.1) is 10.5 Å². The fraction of sp³-hybridized carbons (Fsp3) is 0.0500. The van der Waals surface area contributed by atoms with E-state index in [1.165, 1.54) is 30.3 Å². The van der Waals surface area contributed by atoms with E-state index < -0.39 is 21.7 Å². The topological polar surface area (TPSA) is 72.5 Å². The normalized spacial score (nSPS) is 11.1. The number of aryl methyl sites for hydroxylation is 1. The van der Waals surface area contributed by atoms with Gasteiger partial charge in [-0.1, -0.05) is 45.8 Å². The van der Waals surface area contributed by atoms with Crippen molar-refractivity contribution in [1.29, 1.82) is 0 Å². The highest BCUT2D eigenvalue weighted by Gasteiger charge is 2.23. The van der Waals surface area contributed by atoms with Crippen LogP contribution in [0.1, 0.15) is 15.9 Å². The molecule has 0 saturated carbocycles. The minimum absolute atomic E-state index is 0.104. The van der Waals surface area contributed by atoms with Gasteiger partial charge in [-0.2, -0.15) is 0 Å². The average Bonchev–Trinajstić information content (AvgIpc) is 2.64. The number of rotatable bonds is 5. The molecule has 0 radical (unpaired) electrons. The monoisotopic (exact) mass is 463 g/mol. The third-order valence-corrected chi connectivity index (χ3v) is 5.61. The molecule has 0 heterocycles. The van der Waals surface area contributed by atoms with Crippen molar-refractivity contribution in [3.05, 3.63) is 88.1 Å². The van der Waals surface area contributed by atoms with Gasteiger partial charge in [0.15, 0.2) is 11.6 Å². The summed E-state index contributed by atoms with van der Waals surface area (Å²) >= 11 is 3.18. The van der Waals surface area contributed by atoms with E-state index in [2.05, 4.69) is 15.9 Å². The van der Waals surface area contributed by atoms with Crippen LogP contribution in [0.3, 0.4) is 0 Å². The molecule has 0 saturated heterocycles. The lowest BCUT2D eigenvalue weighted by Crippen LogP contribution is -2.31. The predicted octanol–water partition coefficient (Wildman–Crippen LogP) is 4.81. The lowest BCUT2D eigenvalue weighted by atomic mass is 10.2. The molecule has 0 fully saturated rings.